The Morgan fingerprint density at radius 3 is 2.45 bits per heavy atom. The summed E-state index contributed by atoms with van der Waals surface area (Å²) < 4.78 is 5.07. The molecule has 0 bridgehead atoms. The predicted octanol–water partition coefficient (Wildman–Crippen LogP) is 2.48. The van der Waals surface area contributed by atoms with Gasteiger partial charge >= 0.3 is 0 Å². The van der Waals surface area contributed by atoms with Crippen LogP contribution in [-0.4, -0.2) is 41.6 Å². The molecule has 1 heterocycles. The first-order valence-electron chi connectivity index (χ1n) is 7.48. The van der Waals surface area contributed by atoms with Crippen molar-refractivity contribution in [2.45, 2.75) is 52.5 Å². The number of aromatic nitrogens is 1. The lowest BCUT2D eigenvalue weighted by molar-refractivity contribution is 0.0834. The summed E-state index contributed by atoms with van der Waals surface area (Å²) >= 11 is 0. The van der Waals surface area contributed by atoms with Crippen LogP contribution >= 0.6 is 0 Å². The Hall–Kier alpha value is -1.36. The summed E-state index contributed by atoms with van der Waals surface area (Å²) in [4.78, 5) is 14.4. The maximum atomic E-state index is 12.1. The minimum atomic E-state index is -0.163. The quantitative estimate of drug-likeness (QED) is 0.795. The highest BCUT2D eigenvalue weighted by atomic mass is 16.5. The fraction of sp³-hybridized carbons (Fsp3) is 0.733. The average molecular weight is 281 g/mol. The van der Waals surface area contributed by atoms with Crippen molar-refractivity contribution in [2.24, 2.45) is 0 Å². The van der Waals surface area contributed by atoms with Crippen molar-refractivity contribution < 1.29 is 9.32 Å². The fourth-order valence-electron chi connectivity index (χ4n) is 2.43. The van der Waals surface area contributed by atoms with E-state index in [0.717, 1.165) is 31.6 Å². The SMILES string of the molecule is CCc1cc(C(=O)NCC(CC)(CC)N(C)CC)no1. The van der Waals surface area contributed by atoms with E-state index >= 15 is 0 Å². The maximum absolute atomic E-state index is 12.1. The molecule has 0 aliphatic rings. The van der Waals surface area contributed by atoms with Crippen molar-refractivity contribution >= 4 is 5.91 Å². The molecule has 114 valence electrons. The van der Waals surface area contributed by atoms with Crippen LogP contribution in [0.4, 0.5) is 0 Å². The number of nitrogens with zero attached hydrogens (tertiary/aromatic N) is 2. The first-order chi connectivity index (χ1) is 9.52. The molecule has 1 aromatic heterocycles. The summed E-state index contributed by atoms with van der Waals surface area (Å²) in [5.41, 5.74) is 0.365. The Balaban J connectivity index is 2.70. The second-order valence-electron chi connectivity index (χ2n) is 5.16. The van der Waals surface area contributed by atoms with Gasteiger partial charge in [0.25, 0.3) is 5.91 Å². The van der Waals surface area contributed by atoms with Crippen molar-refractivity contribution in [1.82, 2.24) is 15.4 Å². The van der Waals surface area contributed by atoms with Crippen LogP contribution in [0, 0.1) is 0 Å². The van der Waals surface area contributed by atoms with E-state index in [2.05, 4.69) is 43.2 Å². The zero-order valence-corrected chi connectivity index (χ0v) is 13.3. The molecule has 5 heteroatoms. The lowest BCUT2D eigenvalue weighted by Crippen LogP contribution is -2.53. The predicted molar refractivity (Wildman–Crippen MR) is 79.8 cm³/mol. The van der Waals surface area contributed by atoms with Gasteiger partial charge in [0, 0.05) is 24.6 Å². The van der Waals surface area contributed by atoms with Gasteiger partial charge in [0.15, 0.2) is 5.69 Å². The third kappa shape index (κ3) is 3.60. The van der Waals surface area contributed by atoms with Crippen LogP contribution in [0.5, 0.6) is 0 Å². The monoisotopic (exact) mass is 281 g/mol. The molecule has 0 spiro atoms. The van der Waals surface area contributed by atoms with E-state index in [1.807, 2.05) is 6.92 Å². The number of hydrogen-bond acceptors (Lipinski definition) is 4. The highest BCUT2D eigenvalue weighted by molar-refractivity contribution is 5.92. The average Bonchev–Trinajstić information content (AvgIpc) is 2.97. The maximum Gasteiger partial charge on any atom is 0.273 e. The van der Waals surface area contributed by atoms with Gasteiger partial charge in [-0.3, -0.25) is 9.69 Å². The molecular weight excluding hydrogens is 254 g/mol. The molecule has 20 heavy (non-hydrogen) atoms. The molecule has 0 radical (unpaired) electrons. The van der Waals surface area contributed by atoms with Crippen LogP contribution in [0.1, 0.15) is 56.8 Å². The molecule has 0 saturated heterocycles. The van der Waals surface area contributed by atoms with E-state index in [4.69, 9.17) is 4.52 Å². The van der Waals surface area contributed by atoms with Gasteiger partial charge in [0.2, 0.25) is 0 Å². The van der Waals surface area contributed by atoms with Gasteiger partial charge in [-0.25, -0.2) is 0 Å². The number of likely N-dealkylation sites (N-methyl/N-ethyl adjacent to an activating group) is 1. The molecule has 0 unspecified atom stereocenters. The molecule has 0 aliphatic carbocycles. The normalized spacial score (nSPS) is 11.9. The number of amides is 1. The van der Waals surface area contributed by atoms with Crippen LogP contribution in [0.2, 0.25) is 0 Å². The van der Waals surface area contributed by atoms with Gasteiger partial charge in [-0.05, 0) is 26.4 Å². The Bertz CT molecular complexity index is 425. The minimum absolute atomic E-state index is 0.00172. The smallest absolute Gasteiger partial charge is 0.273 e. The topological polar surface area (TPSA) is 58.4 Å². The first kappa shape index (κ1) is 16.7. The molecule has 0 saturated carbocycles. The van der Waals surface area contributed by atoms with Gasteiger partial charge in [-0.15, -0.1) is 0 Å². The number of hydrogen-bond donors (Lipinski definition) is 1. The van der Waals surface area contributed by atoms with Gasteiger partial charge in [0.1, 0.15) is 5.76 Å². The molecule has 0 fully saturated rings. The van der Waals surface area contributed by atoms with Gasteiger partial charge < -0.3 is 9.84 Å². The molecule has 0 atom stereocenters. The Labute approximate surface area is 121 Å². The number of carbonyl (C=O) groups is 1. The van der Waals surface area contributed by atoms with Gasteiger partial charge in [-0.1, -0.05) is 32.9 Å². The zero-order valence-electron chi connectivity index (χ0n) is 13.3. The number of rotatable bonds is 8. The molecule has 0 aromatic carbocycles. The third-order valence-corrected chi connectivity index (χ3v) is 4.32. The molecule has 5 nitrogen and oxygen atoms in total. The summed E-state index contributed by atoms with van der Waals surface area (Å²) in [5.74, 6) is 0.572. The molecular formula is C15H27N3O2. The Morgan fingerprint density at radius 2 is 2.00 bits per heavy atom. The van der Waals surface area contributed by atoms with Gasteiger partial charge in [-0.2, -0.15) is 0 Å². The Morgan fingerprint density at radius 1 is 1.35 bits per heavy atom. The number of carbonyl (C=O) groups excluding carboxylic acids is 1. The van der Waals surface area contributed by atoms with Crippen molar-refractivity contribution in [1.29, 1.82) is 0 Å². The molecule has 1 rings (SSSR count). The fourth-order valence-corrected chi connectivity index (χ4v) is 2.43. The van der Waals surface area contributed by atoms with E-state index < -0.39 is 0 Å². The third-order valence-electron chi connectivity index (χ3n) is 4.32. The Kier molecular flexibility index (Phi) is 6.20. The minimum Gasteiger partial charge on any atom is -0.361 e. The first-order valence-corrected chi connectivity index (χ1v) is 7.48. The molecule has 1 aromatic rings. The van der Waals surface area contributed by atoms with Crippen LogP contribution < -0.4 is 5.32 Å². The number of aryl methyl sites for hydroxylation is 1. The van der Waals surface area contributed by atoms with E-state index in [9.17, 15) is 4.79 Å². The van der Waals surface area contributed by atoms with E-state index in [1.165, 1.54) is 0 Å². The number of nitrogens with one attached hydrogen (secondary N) is 1. The lowest BCUT2D eigenvalue weighted by atomic mass is 9.90. The summed E-state index contributed by atoms with van der Waals surface area (Å²) in [7, 11) is 2.10. The summed E-state index contributed by atoms with van der Waals surface area (Å²) in [5, 5.41) is 6.79. The van der Waals surface area contributed by atoms with Crippen molar-refractivity contribution in [3.63, 3.8) is 0 Å². The van der Waals surface area contributed by atoms with Crippen LogP contribution in [-0.2, 0) is 6.42 Å². The second-order valence-corrected chi connectivity index (χ2v) is 5.16. The van der Waals surface area contributed by atoms with Crippen LogP contribution in [0.3, 0.4) is 0 Å². The summed E-state index contributed by atoms with van der Waals surface area (Å²) in [6.45, 7) is 10.0. The van der Waals surface area contributed by atoms with Crippen LogP contribution in [0.15, 0.2) is 10.6 Å². The standard InChI is InChI=1S/C15H27N3O2/c1-6-12-10-13(17-20-12)14(19)16-11-15(7-2,8-3)18(5)9-4/h10H,6-9,11H2,1-5H3,(H,16,19). The highest BCUT2D eigenvalue weighted by Gasteiger charge is 2.30. The molecule has 1 amide bonds. The van der Waals surface area contributed by atoms with Crippen molar-refractivity contribution in [3.8, 4) is 0 Å². The zero-order chi connectivity index (χ0) is 15.2. The highest BCUT2D eigenvalue weighted by Crippen LogP contribution is 2.21. The van der Waals surface area contributed by atoms with E-state index in [1.54, 1.807) is 6.07 Å². The van der Waals surface area contributed by atoms with E-state index in [0.29, 0.717) is 12.2 Å². The largest absolute Gasteiger partial charge is 0.361 e. The van der Waals surface area contributed by atoms with Crippen molar-refractivity contribution in [2.75, 3.05) is 20.1 Å². The molecule has 1 N–H and O–H groups in total. The summed E-state index contributed by atoms with van der Waals surface area (Å²) in [6.07, 6.45) is 2.73. The second kappa shape index (κ2) is 7.43. The van der Waals surface area contributed by atoms with Crippen molar-refractivity contribution in [3.05, 3.63) is 17.5 Å². The van der Waals surface area contributed by atoms with Crippen LogP contribution in [0.25, 0.3) is 0 Å². The molecule has 0 aliphatic heterocycles. The summed E-state index contributed by atoms with van der Waals surface area (Å²) in [6, 6.07) is 1.71. The van der Waals surface area contributed by atoms with Gasteiger partial charge in [0.05, 0.1) is 0 Å². The van der Waals surface area contributed by atoms with E-state index in [-0.39, 0.29) is 11.4 Å². The lowest BCUT2D eigenvalue weighted by Gasteiger charge is -2.40.